The molecule has 2 heterocycles. The molecule has 3 fully saturated rings. The first-order valence-corrected chi connectivity index (χ1v) is 10.4. The van der Waals surface area contributed by atoms with Gasteiger partial charge in [0.25, 0.3) is 11.8 Å². The second kappa shape index (κ2) is 8.15. The van der Waals surface area contributed by atoms with Crippen molar-refractivity contribution >= 4 is 23.6 Å². The summed E-state index contributed by atoms with van der Waals surface area (Å²) in [6.07, 6.45) is 7.24. The molecule has 7 nitrogen and oxygen atoms in total. The Morgan fingerprint density at radius 3 is 2.57 bits per heavy atom. The highest BCUT2D eigenvalue weighted by Crippen LogP contribution is 2.39. The van der Waals surface area contributed by atoms with Crippen LogP contribution in [-0.2, 0) is 14.4 Å². The van der Waals surface area contributed by atoms with E-state index in [1.54, 1.807) is 6.08 Å². The Labute approximate surface area is 166 Å². The lowest BCUT2D eigenvalue weighted by Gasteiger charge is -2.40. The number of carbonyl (C=O) groups excluding carboxylic acids is 4. The zero-order valence-corrected chi connectivity index (χ0v) is 17.2. The van der Waals surface area contributed by atoms with Crippen LogP contribution in [0, 0.1) is 11.8 Å². The highest BCUT2D eigenvalue weighted by Gasteiger charge is 2.43. The molecule has 2 aliphatic heterocycles. The van der Waals surface area contributed by atoms with Gasteiger partial charge in [0.05, 0.1) is 0 Å². The number of barbiturate groups is 1. The molecule has 0 aromatic heterocycles. The molecule has 5 unspecified atom stereocenters. The minimum atomic E-state index is -0.685. The maximum absolute atomic E-state index is 12.4. The quantitative estimate of drug-likeness (QED) is 0.589. The molecule has 0 radical (unpaired) electrons. The van der Waals surface area contributed by atoms with Gasteiger partial charge in [-0.25, -0.2) is 4.79 Å². The summed E-state index contributed by atoms with van der Waals surface area (Å²) in [4.78, 5) is 51.8. The number of hydrogen-bond acceptors (Lipinski definition) is 5. The van der Waals surface area contributed by atoms with Crippen LogP contribution >= 0.6 is 0 Å². The van der Waals surface area contributed by atoms with Gasteiger partial charge in [0, 0.05) is 37.5 Å². The van der Waals surface area contributed by atoms with Gasteiger partial charge in [0.2, 0.25) is 0 Å². The van der Waals surface area contributed by atoms with Crippen molar-refractivity contribution in [1.82, 2.24) is 15.1 Å². The fourth-order valence-corrected chi connectivity index (χ4v) is 5.23. The number of carbonyl (C=O) groups is 4. The molecule has 2 saturated heterocycles. The van der Waals surface area contributed by atoms with E-state index in [0.29, 0.717) is 24.3 Å². The Kier molecular flexibility index (Phi) is 6.03. The van der Waals surface area contributed by atoms with Crippen LogP contribution in [0.5, 0.6) is 0 Å². The maximum Gasteiger partial charge on any atom is 0.331 e. The first-order valence-electron chi connectivity index (χ1n) is 10.4. The average Bonchev–Trinajstić information content (AvgIpc) is 2.96. The van der Waals surface area contributed by atoms with Crippen molar-refractivity contribution in [2.75, 3.05) is 7.05 Å². The molecule has 5 atom stereocenters. The fraction of sp³-hybridized carbons (Fsp3) is 0.714. The van der Waals surface area contributed by atoms with Crippen LogP contribution in [0.2, 0.25) is 0 Å². The Hall–Kier alpha value is -2.02. The number of hydrogen-bond donors (Lipinski definition) is 1. The van der Waals surface area contributed by atoms with Crippen molar-refractivity contribution in [1.29, 1.82) is 0 Å². The number of likely N-dealkylation sites (N-methyl/N-ethyl adjacent to an activating group) is 1. The topological polar surface area (TPSA) is 86.8 Å². The summed E-state index contributed by atoms with van der Waals surface area (Å²) >= 11 is 0. The smallest absolute Gasteiger partial charge is 0.299 e. The van der Waals surface area contributed by atoms with Crippen LogP contribution in [0.4, 0.5) is 4.79 Å². The fourth-order valence-electron chi connectivity index (χ4n) is 5.23. The lowest BCUT2D eigenvalue weighted by atomic mass is 9.81. The first kappa shape index (κ1) is 20.7. The van der Waals surface area contributed by atoms with E-state index in [-0.39, 0.29) is 23.5 Å². The number of imide groups is 2. The Morgan fingerprint density at radius 1 is 1.18 bits per heavy atom. The van der Waals surface area contributed by atoms with Crippen molar-refractivity contribution in [2.24, 2.45) is 11.8 Å². The molecule has 3 rings (SSSR count). The second-order valence-corrected chi connectivity index (χ2v) is 8.48. The van der Waals surface area contributed by atoms with Gasteiger partial charge in [0.1, 0.15) is 11.4 Å². The molecular weight excluding hydrogens is 358 g/mol. The van der Waals surface area contributed by atoms with E-state index in [9.17, 15) is 19.2 Å². The third-order valence-corrected chi connectivity index (χ3v) is 6.77. The number of rotatable bonds is 4. The number of amides is 4. The number of nitrogens with zero attached hydrogens (tertiary/aromatic N) is 2. The van der Waals surface area contributed by atoms with Gasteiger partial charge < -0.3 is 0 Å². The third kappa shape index (κ3) is 3.77. The van der Waals surface area contributed by atoms with E-state index >= 15 is 0 Å². The summed E-state index contributed by atoms with van der Waals surface area (Å²) in [5, 5.41) is 2.22. The van der Waals surface area contributed by atoms with E-state index in [4.69, 9.17) is 0 Å². The predicted octanol–water partition coefficient (Wildman–Crippen LogP) is 2.26. The molecule has 0 spiro atoms. The van der Waals surface area contributed by atoms with Gasteiger partial charge in [-0.2, -0.15) is 0 Å². The van der Waals surface area contributed by atoms with Gasteiger partial charge in [-0.15, -0.1) is 0 Å². The molecule has 1 N–H and O–H groups in total. The van der Waals surface area contributed by atoms with Crippen molar-refractivity contribution in [2.45, 2.75) is 77.4 Å². The molecule has 1 saturated carbocycles. The molecule has 28 heavy (non-hydrogen) atoms. The van der Waals surface area contributed by atoms with E-state index < -0.39 is 17.8 Å². The molecule has 0 bridgehead atoms. The van der Waals surface area contributed by atoms with Crippen molar-refractivity contribution in [3.63, 3.8) is 0 Å². The molecule has 7 heteroatoms. The molecule has 0 aromatic rings. The molecule has 3 aliphatic rings. The predicted molar refractivity (Wildman–Crippen MR) is 104 cm³/mol. The van der Waals surface area contributed by atoms with Crippen LogP contribution in [-0.4, -0.2) is 58.6 Å². The lowest BCUT2D eigenvalue weighted by Crippen LogP contribution is -2.52. The SMILES string of the molecule is CCC(=O)C1CCCC(N2C(C)CC(/C=C3\C(=O)NC(=O)N(C)C3=O)C2C)C1. The third-order valence-electron chi connectivity index (χ3n) is 6.77. The largest absolute Gasteiger partial charge is 0.331 e. The van der Waals surface area contributed by atoms with E-state index in [2.05, 4.69) is 24.1 Å². The number of Topliss-reactive ketones (excluding diaryl/α,β-unsaturated/α-hetero) is 1. The monoisotopic (exact) mass is 389 g/mol. The highest BCUT2D eigenvalue weighted by molar-refractivity contribution is 6.28. The van der Waals surface area contributed by atoms with E-state index in [1.807, 2.05) is 6.92 Å². The normalized spacial score (nSPS) is 36.1. The zero-order chi connectivity index (χ0) is 20.6. The molecule has 4 amide bonds. The standard InChI is InChI=1S/C21H31N3O4/c1-5-18(25)14-7-6-8-16(10-14)24-12(2)9-15(13(24)3)11-17-19(26)22-21(28)23(4)20(17)27/h11-16H,5-10H2,1-4H3,(H,22,26,28)/b17-11+. The van der Waals surface area contributed by atoms with Crippen LogP contribution in [0.25, 0.3) is 0 Å². The van der Waals surface area contributed by atoms with Crippen LogP contribution in [0.1, 0.15) is 59.3 Å². The molecule has 154 valence electrons. The summed E-state index contributed by atoms with van der Waals surface area (Å²) in [6.45, 7) is 6.25. The summed E-state index contributed by atoms with van der Waals surface area (Å²) < 4.78 is 0. The van der Waals surface area contributed by atoms with Gasteiger partial charge in [-0.1, -0.05) is 19.4 Å². The van der Waals surface area contributed by atoms with Crippen molar-refractivity contribution < 1.29 is 19.2 Å². The molecule has 1 aliphatic carbocycles. The van der Waals surface area contributed by atoms with Crippen LogP contribution in [0.15, 0.2) is 11.6 Å². The van der Waals surface area contributed by atoms with E-state index in [0.717, 1.165) is 37.0 Å². The van der Waals surface area contributed by atoms with Crippen LogP contribution < -0.4 is 5.32 Å². The maximum atomic E-state index is 12.4. The highest BCUT2D eigenvalue weighted by atomic mass is 16.2. The first-order chi connectivity index (χ1) is 13.2. The van der Waals surface area contributed by atoms with Gasteiger partial charge in [-0.3, -0.25) is 29.5 Å². The van der Waals surface area contributed by atoms with Gasteiger partial charge in [0.15, 0.2) is 0 Å². The van der Waals surface area contributed by atoms with Gasteiger partial charge >= 0.3 is 6.03 Å². The summed E-state index contributed by atoms with van der Waals surface area (Å²) in [5.41, 5.74) is 0.0516. The zero-order valence-electron chi connectivity index (χ0n) is 17.2. The van der Waals surface area contributed by atoms with Gasteiger partial charge in [-0.05, 0) is 45.4 Å². The van der Waals surface area contributed by atoms with Crippen molar-refractivity contribution in [3.8, 4) is 0 Å². The van der Waals surface area contributed by atoms with E-state index in [1.165, 1.54) is 7.05 Å². The Morgan fingerprint density at radius 2 is 1.89 bits per heavy atom. The minimum absolute atomic E-state index is 0.0516. The number of likely N-dealkylation sites (tertiary alicyclic amines) is 1. The number of nitrogens with one attached hydrogen (secondary N) is 1. The molecule has 0 aromatic carbocycles. The van der Waals surface area contributed by atoms with Crippen molar-refractivity contribution in [3.05, 3.63) is 11.6 Å². The molecular formula is C21H31N3O4. The lowest BCUT2D eigenvalue weighted by molar-refractivity contribution is -0.129. The summed E-state index contributed by atoms with van der Waals surface area (Å²) in [7, 11) is 1.37. The second-order valence-electron chi connectivity index (χ2n) is 8.48. The average molecular weight is 389 g/mol. The van der Waals surface area contributed by atoms with Crippen LogP contribution in [0.3, 0.4) is 0 Å². The Bertz CT molecular complexity index is 716. The Balaban J connectivity index is 1.76. The summed E-state index contributed by atoms with van der Waals surface area (Å²) in [5.74, 6) is -0.578. The minimum Gasteiger partial charge on any atom is -0.299 e. The number of ketones is 1. The summed E-state index contributed by atoms with van der Waals surface area (Å²) in [6, 6.07) is 0.170. The number of urea groups is 1.